The van der Waals surface area contributed by atoms with E-state index in [0.29, 0.717) is 13.1 Å². The molecule has 0 radical (unpaired) electrons. The van der Waals surface area contributed by atoms with Crippen LogP contribution in [0.3, 0.4) is 0 Å². The predicted molar refractivity (Wildman–Crippen MR) is 64.2 cm³/mol. The van der Waals surface area contributed by atoms with Crippen molar-refractivity contribution in [3.63, 3.8) is 0 Å². The van der Waals surface area contributed by atoms with Gasteiger partial charge in [-0.05, 0) is 31.9 Å². The van der Waals surface area contributed by atoms with Gasteiger partial charge in [-0.15, -0.1) is 0 Å². The van der Waals surface area contributed by atoms with Crippen molar-refractivity contribution in [2.24, 2.45) is 5.73 Å². The zero-order chi connectivity index (χ0) is 12.4. The number of carbonyl (C=O) groups excluding carboxylic acids is 1. The summed E-state index contributed by atoms with van der Waals surface area (Å²) in [5.74, 6) is -0.707. The van der Waals surface area contributed by atoms with E-state index in [1.807, 2.05) is 6.92 Å². The van der Waals surface area contributed by atoms with E-state index in [1.54, 1.807) is 17.0 Å². The van der Waals surface area contributed by atoms with Crippen LogP contribution in [0.4, 0.5) is 4.39 Å². The van der Waals surface area contributed by atoms with Crippen molar-refractivity contribution in [2.75, 3.05) is 13.1 Å². The zero-order valence-electron chi connectivity index (χ0n) is 9.95. The summed E-state index contributed by atoms with van der Waals surface area (Å²) in [5, 5.41) is 0. The molecule has 0 spiro atoms. The third kappa shape index (κ3) is 2.64. The normalized spacial score (nSPS) is 20.4. The Hall–Kier alpha value is -1.42. The average Bonchev–Trinajstić information content (AvgIpc) is 2.31. The predicted octanol–water partition coefficient (Wildman–Crippen LogP) is 1.70. The zero-order valence-corrected chi connectivity index (χ0v) is 9.95. The molecule has 1 aliphatic heterocycles. The van der Waals surface area contributed by atoms with E-state index in [9.17, 15) is 9.18 Å². The number of hydrogen-bond acceptors (Lipinski definition) is 2. The van der Waals surface area contributed by atoms with Gasteiger partial charge < -0.3 is 10.6 Å². The number of nitrogens with zero attached hydrogens (tertiary/aromatic N) is 1. The quantitative estimate of drug-likeness (QED) is 0.806. The van der Waals surface area contributed by atoms with E-state index in [0.717, 1.165) is 18.4 Å². The van der Waals surface area contributed by atoms with Crippen molar-refractivity contribution >= 4 is 5.91 Å². The Kier molecular flexibility index (Phi) is 3.43. The van der Waals surface area contributed by atoms with Crippen LogP contribution in [0.25, 0.3) is 0 Å². The molecule has 2 rings (SSSR count). The van der Waals surface area contributed by atoms with Gasteiger partial charge in [0.2, 0.25) is 0 Å². The van der Waals surface area contributed by atoms with Crippen LogP contribution in [0.15, 0.2) is 18.2 Å². The van der Waals surface area contributed by atoms with Gasteiger partial charge in [-0.2, -0.15) is 0 Å². The highest BCUT2D eigenvalue weighted by Crippen LogP contribution is 2.16. The molecule has 1 fully saturated rings. The molecule has 1 aliphatic rings. The highest BCUT2D eigenvalue weighted by molar-refractivity contribution is 5.94. The van der Waals surface area contributed by atoms with Gasteiger partial charge in [-0.25, -0.2) is 4.39 Å². The summed E-state index contributed by atoms with van der Waals surface area (Å²) in [6, 6.07) is 4.61. The standard InChI is InChI=1S/C13H17FN2O/c1-9-4-5-12(14)11(7-9)13(17)16-6-2-3-10(15)8-16/h4-5,7,10H,2-3,6,8,15H2,1H3/t10-/m1/s1. The Morgan fingerprint density at radius 2 is 2.29 bits per heavy atom. The highest BCUT2D eigenvalue weighted by atomic mass is 19.1. The summed E-state index contributed by atoms with van der Waals surface area (Å²) in [5.41, 5.74) is 6.86. The van der Waals surface area contributed by atoms with Gasteiger partial charge in [0, 0.05) is 19.1 Å². The molecule has 0 aromatic heterocycles. The van der Waals surface area contributed by atoms with Crippen LogP contribution in [-0.4, -0.2) is 29.9 Å². The maximum Gasteiger partial charge on any atom is 0.256 e. The number of nitrogens with two attached hydrogens (primary N) is 1. The van der Waals surface area contributed by atoms with Crippen molar-refractivity contribution in [3.8, 4) is 0 Å². The number of amides is 1. The summed E-state index contributed by atoms with van der Waals surface area (Å²) in [4.78, 5) is 13.8. The first-order chi connectivity index (χ1) is 8.08. The first-order valence-corrected chi connectivity index (χ1v) is 5.89. The molecule has 1 atom stereocenters. The van der Waals surface area contributed by atoms with Crippen LogP contribution in [0.1, 0.15) is 28.8 Å². The topological polar surface area (TPSA) is 46.3 Å². The molecule has 4 heteroatoms. The van der Waals surface area contributed by atoms with Crippen LogP contribution in [0, 0.1) is 12.7 Å². The molecule has 2 N–H and O–H groups in total. The number of aryl methyl sites for hydroxylation is 1. The minimum absolute atomic E-state index is 0.0144. The first-order valence-electron chi connectivity index (χ1n) is 5.89. The van der Waals surface area contributed by atoms with Gasteiger partial charge in [0.1, 0.15) is 5.82 Å². The third-order valence-electron chi connectivity index (χ3n) is 3.10. The van der Waals surface area contributed by atoms with Crippen LogP contribution in [0.2, 0.25) is 0 Å². The van der Waals surface area contributed by atoms with E-state index in [-0.39, 0.29) is 17.5 Å². The minimum Gasteiger partial charge on any atom is -0.337 e. The lowest BCUT2D eigenvalue weighted by atomic mass is 10.0. The van der Waals surface area contributed by atoms with Gasteiger partial charge in [0.05, 0.1) is 5.56 Å². The maximum atomic E-state index is 13.6. The van der Waals surface area contributed by atoms with E-state index >= 15 is 0 Å². The summed E-state index contributed by atoms with van der Waals surface area (Å²) in [7, 11) is 0. The molecule has 1 aromatic carbocycles. The SMILES string of the molecule is Cc1ccc(F)c(C(=O)N2CCC[C@@H](N)C2)c1. The Labute approximate surface area is 100 Å². The molecule has 3 nitrogen and oxygen atoms in total. The highest BCUT2D eigenvalue weighted by Gasteiger charge is 2.24. The minimum atomic E-state index is -0.459. The molecule has 1 amide bonds. The number of carbonyl (C=O) groups is 1. The third-order valence-corrected chi connectivity index (χ3v) is 3.10. The monoisotopic (exact) mass is 236 g/mol. The number of piperidine rings is 1. The van der Waals surface area contributed by atoms with Crippen molar-refractivity contribution in [2.45, 2.75) is 25.8 Å². The van der Waals surface area contributed by atoms with Gasteiger partial charge in [0.15, 0.2) is 0 Å². The Bertz CT molecular complexity index is 433. The second kappa shape index (κ2) is 4.84. The number of hydrogen-bond donors (Lipinski definition) is 1. The Morgan fingerprint density at radius 1 is 1.53 bits per heavy atom. The Morgan fingerprint density at radius 3 is 3.00 bits per heavy atom. The Balaban J connectivity index is 2.21. The second-order valence-electron chi connectivity index (χ2n) is 4.64. The van der Waals surface area contributed by atoms with Crippen molar-refractivity contribution in [3.05, 3.63) is 35.1 Å². The first kappa shape index (κ1) is 12.0. The largest absolute Gasteiger partial charge is 0.337 e. The van der Waals surface area contributed by atoms with Crippen LogP contribution in [-0.2, 0) is 0 Å². The lowest BCUT2D eigenvalue weighted by Gasteiger charge is -2.31. The molecule has 1 aromatic rings. The summed E-state index contributed by atoms with van der Waals surface area (Å²) >= 11 is 0. The lowest BCUT2D eigenvalue weighted by Crippen LogP contribution is -2.45. The molecule has 1 saturated heterocycles. The van der Waals surface area contributed by atoms with E-state index < -0.39 is 5.82 Å². The van der Waals surface area contributed by atoms with Gasteiger partial charge in [-0.3, -0.25) is 4.79 Å². The average molecular weight is 236 g/mol. The molecule has 0 saturated carbocycles. The number of halogens is 1. The van der Waals surface area contributed by atoms with E-state index in [2.05, 4.69) is 0 Å². The van der Waals surface area contributed by atoms with Crippen molar-refractivity contribution in [1.82, 2.24) is 4.90 Å². The number of rotatable bonds is 1. The molecular weight excluding hydrogens is 219 g/mol. The second-order valence-corrected chi connectivity index (χ2v) is 4.64. The number of likely N-dealkylation sites (tertiary alicyclic amines) is 1. The van der Waals surface area contributed by atoms with Gasteiger partial charge >= 0.3 is 0 Å². The lowest BCUT2D eigenvalue weighted by molar-refractivity contribution is 0.0704. The summed E-state index contributed by atoms with van der Waals surface area (Å²) in [6.07, 6.45) is 1.82. The smallest absolute Gasteiger partial charge is 0.256 e. The van der Waals surface area contributed by atoms with Crippen molar-refractivity contribution < 1.29 is 9.18 Å². The molecular formula is C13H17FN2O. The molecule has 17 heavy (non-hydrogen) atoms. The molecule has 0 aliphatic carbocycles. The molecule has 0 bridgehead atoms. The fourth-order valence-electron chi connectivity index (χ4n) is 2.17. The number of benzene rings is 1. The van der Waals surface area contributed by atoms with Gasteiger partial charge in [0.25, 0.3) is 5.91 Å². The van der Waals surface area contributed by atoms with Crippen LogP contribution in [0.5, 0.6) is 0 Å². The van der Waals surface area contributed by atoms with E-state index in [1.165, 1.54) is 6.07 Å². The molecule has 1 heterocycles. The van der Waals surface area contributed by atoms with Crippen LogP contribution < -0.4 is 5.73 Å². The van der Waals surface area contributed by atoms with Gasteiger partial charge in [-0.1, -0.05) is 11.6 Å². The summed E-state index contributed by atoms with van der Waals surface area (Å²) < 4.78 is 13.6. The van der Waals surface area contributed by atoms with E-state index in [4.69, 9.17) is 5.73 Å². The van der Waals surface area contributed by atoms with Crippen LogP contribution >= 0.6 is 0 Å². The molecule has 92 valence electrons. The fraction of sp³-hybridized carbons (Fsp3) is 0.462. The van der Waals surface area contributed by atoms with Crippen molar-refractivity contribution in [1.29, 1.82) is 0 Å². The maximum absolute atomic E-state index is 13.6. The summed E-state index contributed by atoms with van der Waals surface area (Å²) in [6.45, 7) is 3.03. The molecule has 0 unspecified atom stereocenters. The fourth-order valence-corrected chi connectivity index (χ4v) is 2.17.